The Hall–Kier alpha value is -2.15. The summed E-state index contributed by atoms with van der Waals surface area (Å²) in [6.45, 7) is 1.11. The lowest BCUT2D eigenvalue weighted by Gasteiger charge is -2.18. The van der Waals surface area contributed by atoms with E-state index in [1.807, 2.05) is 6.07 Å². The van der Waals surface area contributed by atoms with Crippen molar-refractivity contribution in [3.8, 4) is 0 Å². The molecule has 2 aromatic rings. The van der Waals surface area contributed by atoms with Crippen LogP contribution < -0.4 is 10.6 Å². The van der Waals surface area contributed by atoms with Gasteiger partial charge in [0.15, 0.2) is 0 Å². The topological polar surface area (TPSA) is 59.6 Å². The fraction of sp³-hybridized carbons (Fsp3) is 0.409. The highest BCUT2D eigenvalue weighted by Gasteiger charge is 2.47. The summed E-state index contributed by atoms with van der Waals surface area (Å²) >= 11 is 1.69. The molecule has 2 aliphatic heterocycles. The van der Waals surface area contributed by atoms with Crippen molar-refractivity contribution < 1.29 is 14.3 Å². The minimum Gasteiger partial charge on any atom is -0.373 e. The van der Waals surface area contributed by atoms with E-state index in [1.54, 1.807) is 11.3 Å². The van der Waals surface area contributed by atoms with Gasteiger partial charge in [0.1, 0.15) is 6.10 Å². The first kappa shape index (κ1) is 17.9. The van der Waals surface area contributed by atoms with E-state index >= 15 is 0 Å². The molecular weight excluding hydrogens is 372 g/mol. The Balaban J connectivity index is 1.17. The Bertz CT molecular complexity index is 880. The quantitative estimate of drug-likeness (QED) is 0.825. The number of carbonyl (C=O) groups is 1. The van der Waals surface area contributed by atoms with E-state index < -0.39 is 0 Å². The molecule has 0 radical (unpaired) electrons. The van der Waals surface area contributed by atoms with Crippen molar-refractivity contribution in [2.75, 3.05) is 18.5 Å². The number of thiophene rings is 1. The van der Waals surface area contributed by atoms with Crippen LogP contribution in [0.25, 0.3) is 6.08 Å². The van der Waals surface area contributed by atoms with Crippen LogP contribution in [0.1, 0.15) is 23.1 Å². The number of aryl methyl sites for hydroxylation is 2. The number of amides is 2. The zero-order valence-corrected chi connectivity index (χ0v) is 16.4. The number of benzene rings is 1. The molecule has 2 saturated heterocycles. The van der Waals surface area contributed by atoms with Crippen molar-refractivity contribution in [3.63, 3.8) is 0 Å². The first-order valence-electron chi connectivity index (χ1n) is 9.89. The van der Waals surface area contributed by atoms with Crippen LogP contribution in [0.5, 0.6) is 0 Å². The lowest BCUT2D eigenvalue weighted by molar-refractivity contribution is 0.0662. The molecular formula is C22H24N2O3S. The third-order valence-electron chi connectivity index (χ3n) is 5.84. The van der Waals surface area contributed by atoms with Crippen LogP contribution in [-0.2, 0) is 22.3 Å². The lowest BCUT2D eigenvalue weighted by Crippen LogP contribution is -2.45. The van der Waals surface area contributed by atoms with Gasteiger partial charge in [0.2, 0.25) is 0 Å². The third-order valence-corrected chi connectivity index (χ3v) is 6.55. The predicted octanol–water partition coefficient (Wildman–Crippen LogP) is 3.85. The van der Waals surface area contributed by atoms with E-state index in [1.165, 1.54) is 23.1 Å². The Morgan fingerprint density at radius 3 is 2.89 bits per heavy atom. The predicted molar refractivity (Wildman–Crippen MR) is 111 cm³/mol. The fourth-order valence-corrected chi connectivity index (χ4v) is 5.04. The van der Waals surface area contributed by atoms with Crippen molar-refractivity contribution in [1.82, 2.24) is 5.32 Å². The van der Waals surface area contributed by atoms with Gasteiger partial charge in [-0.05, 0) is 64.9 Å². The van der Waals surface area contributed by atoms with Gasteiger partial charge in [0.05, 0.1) is 25.4 Å². The molecule has 0 spiro atoms. The largest absolute Gasteiger partial charge is 0.373 e. The molecule has 6 heteroatoms. The van der Waals surface area contributed by atoms with Gasteiger partial charge in [-0.2, -0.15) is 11.3 Å². The summed E-state index contributed by atoms with van der Waals surface area (Å²) < 4.78 is 11.9. The number of carbonyl (C=O) groups excluding carboxylic acids is 1. The van der Waals surface area contributed by atoms with E-state index in [0.717, 1.165) is 18.5 Å². The van der Waals surface area contributed by atoms with Gasteiger partial charge in [0.25, 0.3) is 0 Å². The number of rotatable bonds is 4. The number of ether oxygens (including phenoxy) is 2. The molecule has 3 heterocycles. The van der Waals surface area contributed by atoms with E-state index in [-0.39, 0.29) is 30.2 Å². The third kappa shape index (κ3) is 3.60. The molecule has 0 saturated carbocycles. The number of nitrogens with one attached hydrogen (secondary N) is 2. The van der Waals surface area contributed by atoms with Crippen LogP contribution in [0, 0.1) is 5.92 Å². The van der Waals surface area contributed by atoms with Gasteiger partial charge in [-0.15, -0.1) is 0 Å². The van der Waals surface area contributed by atoms with Crippen LogP contribution >= 0.6 is 11.3 Å². The number of fused-ring (bicyclic) bond motifs is 2. The molecule has 2 fully saturated rings. The first-order chi connectivity index (χ1) is 13.8. The molecule has 1 aromatic carbocycles. The minimum absolute atomic E-state index is 0.000167. The second-order valence-electron chi connectivity index (χ2n) is 7.72. The molecule has 28 heavy (non-hydrogen) atoms. The highest BCUT2D eigenvalue weighted by molar-refractivity contribution is 7.08. The SMILES string of the molecule is O=C(Nc1ccc2c(c1)CCC2)N[C@H]1CO[C@H]2[C@@H]1OC[C@@H]2/C=C\c1ccsc1. The molecule has 0 bridgehead atoms. The van der Waals surface area contributed by atoms with Crippen LogP contribution in [0.2, 0.25) is 0 Å². The number of hydrogen-bond donors (Lipinski definition) is 2. The van der Waals surface area contributed by atoms with Gasteiger partial charge in [-0.25, -0.2) is 4.79 Å². The molecule has 3 aliphatic rings. The van der Waals surface area contributed by atoms with Crippen molar-refractivity contribution >= 4 is 29.1 Å². The van der Waals surface area contributed by atoms with Crippen molar-refractivity contribution in [2.24, 2.45) is 5.92 Å². The zero-order chi connectivity index (χ0) is 18.9. The molecule has 1 aromatic heterocycles. The second-order valence-corrected chi connectivity index (χ2v) is 8.50. The minimum atomic E-state index is -0.201. The van der Waals surface area contributed by atoms with Crippen LogP contribution in [0.4, 0.5) is 10.5 Å². The number of urea groups is 1. The van der Waals surface area contributed by atoms with E-state index in [4.69, 9.17) is 9.47 Å². The summed E-state index contributed by atoms with van der Waals surface area (Å²) in [5.74, 6) is 0.219. The van der Waals surface area contributed by atoms with Gasteiger partial charge >= 0.3 is 6.03 Å². The lowest BCUT2D eigenvalue weighted by atomic mass is 9.99. The Labute approximate surface area is 168 Å². The van der Waals surface area contributed by atoms with E-state index in [9.17, 15) is 4.79 Å². The maximum atomic E-state index is 12.5. The van der Waals surface area contributed by atoms with Gasteiger partial charge < -0.3 is 20.1 Å². The van der Waals surface area contributed by atoms with Crippen molar-refractivity contribution in [3.05, 3.63) is 57.8 Å². The van der Waals surface area contributed by atoms with Gasteiger partial charge in [-0.3, -0.25) is 0 Å². The zero-order valence-electron chi connectivity index (χ0n) is 15.6. The van der Waals surface area contributed by atoms with Crippen LogP contribution in [-0.4, -0.2) is 37.5 Å². The first-order valence-corrected chi connectivity index (χ1v) is 10.8. The summed E-state index contributed by atoms with van der Waals surface area (Å²) in [5, 5.41) is 10.2. The summed E-state index contributed by atoms with van der Waals surface area (Å²) in [6.07, 6.45) is 7.64. The van der Waals surface area contributed by atoms with E-state index in [0.29, 0.717) is 13.2 Å². The average molecular weight is 397 g/mol. The van der Waals surface area contributed by atoms with Crippen LogP contribution in [0.15, 0.2) is 41.1 Å². The standard InChI is InChI=1S/C22H24N2O3S/c25-22(23-18-7-6-15-2-1-3-16(15)10-18)24-19-12-27-20-17(11-26-21(19)20)5-4-14-8-9-28-13-14/h4-10,13,17,19-21H,1-3,11-12H2,(H2,23,24,25)/b5-4-/t17-,19-,20+,21+/m0/s1. The summed E-state index contributed by atoms with van der Waals surface area (Å²) in [6, 6.07) is 7.96. The molecule has 5 rings (SSSR count). The molecule has 5 nitrogen and oxygen atoms in total. The molecule has 1 aliphatic carbocycles. The molecule has 0 unspecified atom stereocenters. The Morgan fingerprint density at radius 2 is 2.00 bits per heavy atom. The Morgan fingerprint density at radius 1 is 1.11 bits per heavy atom. The van der Waals surface area contributed by atoms with Crippen molar-refractivity contribution in [2.45, 2.75) is 37.5 Å². The monoisotopic (exact) mass is 396 g/mol. The smallest absolute Gasteiger partial charge is 0.319 e. The average Bonchev–Trinajstić information content (AvgIpc) is 3.46. The normalized spacial score (nSPS) is 28.4. The number of hydrogen-bond acceptors (Lipinski definition) is 4. The molecule has 146 valence electrons. The van der Waals surface area contributed by atoms with Gasteiger partial charge in [-0.1, -0.05) is 18.2 Å². The highest BCUT2D eigenvalue weighted by Crippen LogP contribution is 2.32. The van der Waals surface area contributed by atoms with Crippen LogP contribution in [0.3, 0.4) is 0 Å². The molecule has 2 amide bonds. The Kier molecular flexibility index (Phi) is 4.93. The second kappa shape index (κ2) is 7.70. The summed E-state index contributed by atoms with van der Waals surface area (Å²) in [4.78, 5) is 12.5. The summed E-state index contributed by atoms with van der Waals surface area (Å²) in [5.41, 5.74) is 4.80. The summed E-state index contributed by atoms with van der Waals surface area (Å²) in [7, 11) is 0. The molecule has 2 N–H and O–H groups in total. The maximum absolute atomic E-state index is 12.5. The maximum Gasteiger partial charge on any atom is 0.319 e. The van der Waals surface area contributed by atoms with Crippen molar-refractivity contribution in [1.29, 1.82) is 0 Å². The van der Waals surface area contributed by atoms with E-state index in [2.05, 4.69) is 51.7 Å². The number of anilines is 1. The van der Waals surface area contributed by atoms with Gasteiger partial charge in [0, 0.05) is 11.6 Å². The highest BCUT2D eigenvalue weighted by atomic mass is 32.1. The molecule has 4 atom stereocenters. The fourth-order valence-electron chi connectivity index (χ4n) is 4.41.